The molecule has 0 aliphatic carbocycles. The fraction of sp³-hybridized carbons (Fsp3) is 0.0769. The molecule has 2 rings (SSSR count). The molecule has 0 N–H and O–H groups in total. The first kappa shape index (κ1) is 12.4. The fourth-order valence-corrected chi connectivity index (χ4v) is 2.28. The van der Waals surface area contributed by atoms with Crippen LogP contribution in [0.2, 0.25) is 5.02 Å². The van der Waals surface area contributed by atoms with Gasteiger partial charge in [-0.05, 0) is 33.6 Å². The first-order valence-electron chi connectivity index (χ1n) is 4.98. The van der Waals surface area contributed by atoms with Crippen molar-refractivity contribution in [3.63, 3.8) is 0 Å². The predicted octanol–water partition coefficient (Wildman–Crippen LogP) is 4.82. The summed E-state index contributed by atoms with van der Waals surface area (Å²) in [5.41, 5.74) is 0.980. The maximum atomic E-state index is 13.6. The van der Waals surface area contributed by atoms with Crippen LogP contribution in [0.5, 0.6) is 5.75 Å². The van der Waals surface area contributed by atoms with E-state index in [0.717, 1.165) is 5.56 Å². The second-order valence-electron chi connectivity index (χ2n) is 3.47. The van der Waals surface area contributed by atoms with Crippen molar-refractivity contribution in [2.24, 2.45) is 0 Å². The highest BCUT2D eigenvalue weighted by Crippen LogP contribution is 2.32. The Morgan fingerprint density at radius 2 is 1.88 bits per heavy atom. The molecule has 0 aliphatic heterocycles. The third kappa shape index (κ3) is 3.20. The molecular weight excluding hydrogens is 306 g/mol. The van der Waals surface area contributed by atoms with Crippen molar-refractivity contribution in [1.29, 1.82) is 0 Å². The molecule has 0 spiro atoms. The molecule has 0 saturated heterocycles. The van der Waals surface area contributed by atoms with Crippen molar-refractivity contribution in [1.82, 2.24) is 0 Å². The van der Waals surface area contributed by atoms with Crippen molar-refractivity contribution in [3.05, 3.63) is 63.3 Å². The van der Waals surface area contributed by atoms with E-state index in [9.17, 15) is 4.39 Å². The first-order valence-corrected chi connectivity index (χ1v) is 6.15. The summed E-state index contributed by atoms with van der Waals surface area (Å²) in [5.74, 6) is -0.293. The van der Waals surface area contributed by atoms with Gasteiger partial charge in [-0.2, -0.15) is 0 Å². The van der Waals surface area contributed by atoms with Crippen LogP contribution >= 0.6 is 27.5 Å². The second kappa shape index (κ2) is 5.52. The topological polar surface area (TPSA) is 9.23 Å². The zero-order valence-corrected chi connectivity index (χ0v) is 11.1. The van der Waals surface area contributed by atoms with Gasteiger partial charge in [-0.3, -0.25) is 0 Å². The van der Waals surface area contributed by atoms with Gasteiger partial charge in [0.15, 0.2) is 11.6 Å². The molecule has 0 heterocycles. The molecule has 88 valence electrons. The van der Waals surface area contributed by atoms with Crippen LogP contribution in [-0.4, -0.2) is 0 Å². The van der Waals surface area contributed by atoms with Crippen LogP contribution < -0.4 is 4.74 Å². The number of hydrogen-bond acceptors (Lipinski definition) is 1. The highest BCUT2D eigenvalue weighted by Gasteiger charge is 2.10. The monoisotopic (exact) mass is 314 g/mol. The molecule has 17 heavy (non-hydrogen) atoms. The van der Waals surface area contributed by atoms with Crippen molar-refractivity contribution < 1.29 is 9.13 Å². The van der Waals surface area contributed by atoms with E-state index in [2.05, 4.69) is 15.9 Å². The largest absolute Gasteiger partial charge is 0.485 e. The zero-order valence-electron chi connectivity index (χ0n) is 8.79. The molecule has 1 nitrogen and oxygen atoms in total. The maximum Gasteiger partial charge on any atom is 0.169 e. The van der Waals surface area contributed by atoms with E-state index in [-0.39, 0.29) is 5.75 Å². The molecule has 0 unspecified atom stereocenters. The molecule has 2 aromatic rings. The Bertz CT molecular complexity index is 493. The minimum Gasteiger partial charge on any atom is -0.485 e. The Kier molecular flexibility index (Phi) is 4.02. The van der Waals surface area contributed by atoms with Gasteiger partial charge in [0.1, 0.15) is 6.61 Å². The smallest absolute Gasteiger partial charge is 0.169 e. The number of halogens is 3. The molecule has 0 radical (unpaired) electrons. The summed E-state index contributed by atoms with van der Waals surface area (Å²) in [6, 6.07) is 12.4. The van der Waals surface area contributed by atoms with Gasteiger partial charge in [0, 0.05) is 5.02 Å². The summed E-state index contributed by atoms with van der Waals surface area (Å²) in [7, 11) is 0. The van der Waals surface area contributed by atoms with Gasteiger partial charge in [0.05, 0.1) is 4.47 Å². The number of rotatable bonds is 3. The summed E-state index contributed by atoms with van der Waals surface area (Å²) in [4.78, 5) is 0. The van der Waals surface area contributed by atoms with Gasteiger partial charge in [-0.25, -0.2) is 4.39 Å². The van der Waals surface area contributed by atoms with E-state index in [1.165, 1.54) is 6.07 Å². The molecule has 2 aromatic carbocycles. The highest BCUT2D eigenvalue weighted by molar-refractivity contribution is 9.10. The molecule has 0 bridgehead atoms. The van der Waals surface area contributed by atoms with E-state index < -0.39 is 5.82 Å². The molecule has 0 aromatic heterocycles. The quantitative estimate of drug-likeness (QED) is 0.789. The number of benzene rings is 2. The van der Waals surface area contributed by atoms with Gasteiger partial charge in [0.2, 0.25) is 0 Å². The minimum absolute atomic E-state index is 0.179. The molecule has 0 fully saturated rings. The van der Waals surface area contributed by atoms with Crippen LogP contribution in [0.15, 0.2) is 46.9 Å². The zero-order chi connectivity index (χ0) is 12.3. The molecule has 0 aliphatic rings. The molecule has 0 atom stereocenters. The Morgan fingerprint density at radius 3 is 2.53 bits per heavy atom. The Labute approximate surface area is 112 Å². The Morgan fingerprint density at radius 1 is 1.18 bits per heavy atom. The van der Waals surface area contributed by atoms with Gasteiger partial charge >= 0.3 is 0 Å². The first-order chi connectivity index (χ1) is 8.16. The SMILES string of the molecule is Fc1cc(Cl)cc(Br)c1OCc1ccccc1. The summed E-state index contributed by atoms with van der Waals surface area (Å²) in [6.45, 7) is 0.317. The van der Waals surface area contributed by atoms with E-state index in [0.29, 0.717) is 16.1 Å². The standard InChI is InChI=1S/C13H9BrClFO/c14-11-6-10(15)7-12(16)13(11)17-8-9-4-2-1-3-5-9/h1-7H,8H2. The Hall–Kier alpha value is -1.06. The van der Waals surface area contributed by atoms with Crippen molar-refractivity contribution >= 4 is 27.5 Å². The van der Waals surface area contributed by atoms with Crippen molar-refractivity contribution in [2.45, 2.75) is 6.61 Å². The Balaban J connectivity index is 2.15. The third-order valence-corrected chi connectivity index (χ3v) is 3.00. The predicted molar refractivity (Wildman–Crippen MR) is 69.9 cm³/mol. The third-order valence-electron chi connectivity index (χ3n) is 2.19. The van der Waals surface area contributed by atoms with Crippen LogP contribution in [-0.2, 0) is 6.61 Å². The summed E-state index contributed by atoms with van der Waals surface area (Å²) >= 11 is 8.94. The normalized spacial score (nSPS) is 10.3. The van der Waals surface area contributed by atoms with Gasteiger partial charge < -0.3 is 4.74 Å². The van der Waals surface area contributed by atoms with E-state index >= 15 is 0 Å². The molecular formula is C13H9BrClFO. The van der Waals surface area contributed by atoms with Crippen LogP contribution in [0.4, 0.5) is 4.39 Å². The fourth-order valence-electron chi connectivity index (χ4n) is 1.40. The summed E-state index contributed by atoms with van der Waals surface area (Å²) in [6.07, 6.45) is 0. The van der Waals surface area contributed by atoms with Gasteiger partial charge in [-0.1, -0.05) is 41.9 Å². The average Bonchev–Trinajstić information content (AvgIpc) is 2.29. The van der Waals surface area contributed by atoms with Crippen molar-refractivity contribution in [3.8, 4) is 5.75 Å². The average molecular weight is 316 g/mol. The van der Waals surface area contributed by atoms with Crippen LogP contribution in [0.1, 0.15) is 5.56 Å². The summed E-state index contributed by atoms with van der Waals surface area (Å²) < 4.78 is 19.5. The molecule has 4 heteroatoms. The van der Waals surface area contributed by atoms with E-state index in [1.807, 2.05) is 30.3 Å². The number of ether oxygens (including phenoxy) is 1. The number of hydrogen-bond donors (Lipinski definition) is 0. The lowest BCUT2D eigenvalue weighted by molar-refractivity contribution is 0.288. The van der Waals surface area contributed by atoms with Crippen molar-refractivity contribution in [2.75, 3.05) is 0 Å². The lowest BCUT2D eigenvalue weighted by atomic mass is 10.2. The molecule has 0 saturated carbocycles. The lowest BCUT2D eigenvalue weighted by Gasteiger charge is -2.09. The maximum absolute atomic E-state index is 13.6. The van der Waals surface area contributed by atoms with E-state index in [1.54, 1.807) is 6.07 Å². The lowest BCUT2D eigenvalue weighted by Crippen LogP contribution is -1.98. The second-order valence-corrected chi connectivity index (χ2v) is 4.76. The summed E-state index contributed by atoms with van der Waals surface area (Å²) in [5, 5.41) is 0.335. The van der Waals surface area contributed by atoms with Gasteiger partial charge in [0.25, 0.3) is 0 Å². The highest BCUT2D eigenvalue weighted by atomic mass is 79.9. The van der Waals surface area contributed by atoms with E-state index in [4.69, 9.17) is 16.3 Å². The van der Waals surface area contributed by atoms with Crippen LogP contribution in [0, 0.1) is 5.82 Å². The van der Waals surface area contributed by atoms with Crippen LogP contribution in [0.25, 0.3) is 0 Å². The minimum atomic E-state index is -0.472. The van der Waals surface area contributed by atoms with Crippen LogP contribution in [0.3, 0.4) is 0 Å². The molecule has 0 amide bonds. The van der Waals surface area contributed by atoms with Gasteiger partial charge in [-0.15, -0.1) is 0 Å².